The van der Waals surface area contributed by atoms with Crippen molar-refractivity contribution in [2.75, 3.05) is 56.5 Å². The fraction of sp³-hybridized carbons (Fsp3) is 0.462. The monoisotopic (exact) mass is 459 g/mol. The van der Waals surface area contributed by atoms with Crippen molar-refractivity contribution in [3.8, 4) is 0 Å². The van der Waals surface area contributed by atoms with E-state index in [1.165, 1.54) is 17.3 Å². The summed E-state index contributed by atoms with van der Waals surface area (Å²) in [5.74, 6) is 1.56. The van der Waals surface area contributed by atoms with Crippen LogP contribution in [0, 0.1) is 0 Å². The summed E-state index contributed by atoms with van der Waals surface area (Å²) in [5, 5.41) is 3.57. The first-order valence-corrected chi connectivity index (χ1v) is 12.2. The molecule has 1 atom stereocenters. The number of nitrogens with one attached hydrogen (secondary N) is 1. The highest BCUT2D eigenvalue weighted by molar-refractivity contribution is 5.87. The third-order valence-electron chi connectivity index (χ3n) is 6.92. The van der Waals surface area contributed by atoms with E-state index >= 15 is 0 Å². The molecule has 0 saturated carbocycles. The molecule has 1 unspecified atom stereocenters. The molecule has 3 aliphatic heterocycles. The van der Waals surface area contributed by atoms with E-state index in [0.29, 0.717) is 13.0 Å². The number of likely N-dealkylation sites (tertiary alicyclic amines) is 1. The number of rotatable bonds is 6. The summed E-state index contributed by atoms with van der Waals surface area (Å²) in [6.07, 6.45) is 6.65. The van der Waals surface area contributed by atoms with Crippen LogP contribution in [0.15, 0.2) is 41.9 Å². The quantitative estimate of drug-likeness (QED) is 0.670. The molecule has 0 bridgehead atoms. The number of aliphatic imine (C=N–C) groups is 1. The van der Waals surface area contributed by atoms with Crippen LogP contribution in [-0.2, 0) is 17.6 Å². The maximum atomic E-state index is 12.1. The van der Waals surface area contributed by atoms with Crippen molar-refractivity contribution in [3.05, 3.63) is 54.0 Å². The van der Waals surface area contributed by atoms with Crippen LogP contribution >= 0.6 is 0 Å². The summed E-state index contributed by atoms with van der Waals surface area (Å²) in [5.41, 5.74) is 4.28. The number of carbonyl (C=O) groups is 1. The molecule has 0 aliphatic carbocycles. The maximum Gasteiger partial charge on any atom is 0.246 e. The molecule has 2 fully saturated rings. The molecule has 1 N–H and O–H groups in total. The van der Waals surface area contributed by atoms with Crippen LogP contribution in [0.25, 0.3) is 0 Å². The first-order chi connectivity index (χ1) is 16.6. The molecule has 1 amide bonds. The Hall–Kier alpha value is -3.26. The van der Waals surface area contributed by atoms with Gasteiger partial charge in [-0.25, -0.2) is 9.97 Å². The number of fused-ring (bicyclic) bond motifs is 1. The van der Waals surface area contributed by atoms with Gasteiger partial charge in [0.15, 0.2) is 5.82 Å². The Morgan fingerprint density at radius 1 is 1.15 bits per heavy atom. The number of aromatic nitrogens is 2. The van der Waals surface area contributed by atoms with E-state index in [4.69, 9.17) is 9.97 Å². The van der Waals surface area contributed by atoms with Crippen LogP contribution < -0.4 is 10.2 Å². The molecule has 8 heteroatoms. The SMILES string of the molecule is C=CC(=O)N1CCCC(Nc2nc(Cc3ccc(N4CCN(C)CC4)cc3)nc3c2N=CC3)C1. The number of hydrogen-bond acceptors (Lipinski definition) is 7. The molecule has 2 aromatic rings. The highest BCUT2D eigenvalue weighted by atomic mass is 16.2. The Morgan fingerprint density at radius 2 is 1.94 bits per heavy atom. The largest absolute Gasteiger partial charge is 0.369 e. The number of piperidine rings is 1. The Morgan fingerprint density at radius 3 is 2.71 bits per heavy atom. The van der Waals surface area contributed by atoms with Gasteiger partial charge in [-0.15, -0.1) is 0 Å². The standard InChI is InChI=1S/C26H33N7O/c1-3-24(34)33-12-4-5-20(18-33)28-26-25-22(10-11-27-25)29-23(30-26)17-19-6-8-21(9-7-19)32-15-13-31(2)14-16-32/h3,6-9,11,20H,1,4-5,10,12-18H2,2H3,(H,28,29,30). The fourth-order valence-electron chi connectivity index (χ4n) is 4.92. The van der Waals surface area contributed by atoms with Crippen LogP contribution in [-0.4, -0.2) is 84.2 Å². The number of hydrogen-bond donors (Lipinski definition) is 1. The molecule has 2 saturated heterocycles. The number of nitrogens with zero attached hydrogens (tertiary/aromatic N) is 6. The minimum absolute atomic E-state index is 0.0156. The lowest BCUT2D eigenvalue weighted by Gasteiger charge is -2.34. The van der Waals surface area contributed by atoms with Crippen molar-refractivity contribution in [2.24, 2.45) is 4.99 Å². The van der Waals surface area contributed by atoms with E-state index < -0.39 is 0 Å². The number of anilines is 2. The lowest BCUT2D eigenvalue weighted by molar-refractivity contribution is -0.127. The first-order valence-electron chi connectivity index (χ1n) is 12.2. The Bertz CT molecular complexity index is 1070. The average molecular weight is 460 g/mol. The van der Waals surface area contributed by atoms with Gasteiger partial charge in [0.25, 0.3) is 0 Å². The van der Waals surface area contributed by atoms with E-state index in [-0.39, 0.29) is 11.9 Å². The Balaban J connectivity index is 1.29. The molecule has 1 aromatic carbocycles. The minimum atomic E-state index is -0.0156. The zero-order valence-electron chi connectivity index (χ0n) is 19.9. The van der Waals surface area contributed by atoms with Crippen LogP contribution in [0.1, 0.15) is 29.9 Å². The topological polar surface area (TPSA) is 77.0 Å². The number of likely N-dealkylation sites (N-methyl/N-ethyl adjacent to an activating group) is 1. The van der Waals surface area contributed by atoms with E-state index in [2.05, 4.69) is 58.0 Å². The van der Waals surface area contributed by atoms with Gasteiger partial charge >= 0.3 is 0 Å². The summed E-state index contributed by atoms with van der Waals surface area (Å²) >= 11 is 0. The zero-order chi connectivity index (χ0) is 23.5. The van der Waals surface area contributed by atoms with Gasteiger partial charge in [0.1, 0.15) is 11.5 Å². The number of amides is 1. The highest BCUT2D eigenvalue weighted by Gasteiger charge is 2.25. The van der Waals surface area contributed by atoms with E-state index in [0.717, 1.165) is 75.0 Å². The zero-order valence-corrected chi connectivity index (χ0v) is 19.9. The highest BCUT2D eigenvalue weighted by Crippen LogP contribution is 2.32. The van der Waals surface area contributed by atoms with Crippen molar-refractivity contribution in [1.82, 2.24) is 19.8 Å². The van der Waals surface area contributed by atoms with Gasteiger partial charge in [-0.3, -0.25) is 9.79 Å². The van der Waals surface area contributed by atoms with Crippen molar-refractivity contribution >= 4 is 29.3 Å². The molecular formula is C26H33N7O. The van der Waals surface area contributed by atoms with Crippen molar-refractivity contribution in [1.29, 1.82) is 0 Å². The summed E-state index contributed by atoms with van der Waals surface area (Å²) < 4.78 is 0. The summed E-state index contributed by atoms with van der Waals surface area (Å²) in [6, 6.07) is 8.94. The predicted octanol–water partition coefficient (Wildman–Crippen LogP) is 2.67. The normalized spacial score (nSPS) is 20.3. The van der Waals surface area contributed by atoms with E-state index in [1.807, 2.05) is 11.1 Å². The second-order valence-corrected chi connectivity index (χ2v) is 9.40. The predicted molar refractivity (Wildman–Crippen MR) is 136 cm³/mol. The smallest absolute Gasteiger partial charge is 0.246 e. The number of benzene rings is 1. The number of piperazine rings is 1. The van der Waals surface area contributed by atoms with Crippen LogP contribution in [0.3, 0.4) is 0 Å². The summed E-state index contributed by atoms with van der Waals surface area (Å²) in [4.78, 5) is 32.9. The van der Waals surface area contributed by atoms with Gasteiger partial charge in [0.05, 0.1) is 5.69 Å². The van der Waals surface area contributed by atoms with Gasteiger partial charge in [-0.2, -0.15) is 0 Å². The third kappa shape index (κ3) is 4.97. The lowest BCUT2D eigenvalue weighted by Crippen LogP contribution is -2.44. The molecule has 34 heavy (non-hydrogen) atoms. The molecular weight excluding hydrogens is 426 g/mol. The Labute approximate surface area is 201 Å². The average Bonchev–Trinajstić information content (AvgIpc) is 3.34. The van der Waals surface area contributed by atoms with Gasteiger partial charge < -0.3 is 20.0 Å². The fourth-order valence-corrected chi connectivity index (χ4v) is 4.92. The summed E-state index contributed by atoms with van der Waals surface area (Å²) in [6.45, 7) is 9.38. The third-order valence-corrected chi connectivity index (χ3v) is 6.92. The van der Waals surface area contributed by atoms with Crippen molar-refractivity contribution in [3.63, 3.8) is 0 Å². The van der Waals surface area contributed by atoms with E-state index in [9.17, 15) is 4.79 Å². The number of carbonyl (C=O) groups excluding carboxylic acids is 1. The second-order valence-electron chi connectivity index (χ2n) is 9.40. The molecule has 0 spiro atoms. The van der Waals surface area contributed by atoms with E-state index in [1.54, 1.807) is 0 Å². The second kappa shape index (κ2) is 9.93. The molecule has 3 aliphatic rings. The lowest BCUT2D eigenvalue weighted by atomic mass is 10.1. The molecule has 1 aromatic heterocycles. The van der Waals surface area contributed by atoms with Crippen LogP contribution in [0.5, 0.6) is 0 Å². The van der Waals surface area contributed by atoms with Gasteiger partial charge in [-0.05, 0) is 43.7 Å². The summed E-state index contributed by atoms with van der Waals surface area (Å²) in [7, 11) is 2.18. The molecule has 5 rings (SSSR count). The first kappa shape index (κ1) is 22.5. The van der Waals surface area contributed by atoms with Crippen molar-refractivity contribution < 1.29 is 4.79 Å². The molecule has 4 heterocycles. The molecule has 178 valence electrons. The van der Waals surface area contributed by atoms with Crippen LogP contribution in [0.4, 0.5) is 17.2 Å². The minimum Gasteiger partial charge on any atom is -0.369 e. The van der Waals surface area contributed by atoms with Crippen LogP contribution in [0.2, 0.25) is 0 Å². The molecule has 0 radical (unpaired) electrons. The molecule has 8 nitrogen and oxygen atoms in total. The van der Waals surface area contributed by atoms with Crippen molar-refractivity contribution in [2.45, 2.75) is 31.7 Å². The Kier molecular flexibility index (Phi) is 6.58. The van der Waals surface area contributed by atoms with Gasteiger partial charge in [0.2, 0.25) is 5.91 Å². The van der Waals surface area contributed by atoms with Gasteiger partial charge in [-0.1, -0.05) is 18.7 Å². The van der Waals surface area contributed by atoms with Gasteiger partial charge in [0, 0.05) is 70.1 Å². The maximum absolute atomic E-state index is 12.1.